The molecule has 0 heteroatoms. The normalized spacial score (nSPS) is 69.7. The Labute approximate surface area is 85.1 Å². The lowest BCUT2D eigenvalue weighted by Gasteiger charge is -2.43. The van der Waals surface area contributed by atoms with Crippen LogP contribution in [0.25, 0.3) is 0 Å². The minimum absolute atomic E-state index is 0.995. The molecule has 72 valence electrons. The predicted octanol–water partition coefficient (Wildman–Crippen LogP) is 2.88. The second kappa shape index (κ2) is 1.89. The van der Waals surface area contributed by atoms with Crippen LogP contribution >= 0.6 is 0 Å². The molecule has 0 nitrogen and oxygen atoms in total. The van der Waals surface area contributed by atoms with E-state index in [1.807, 2.05) is 0 Å². The van der Waals surface area contributed by atoms with Crippen LogP contribution in [0.3, 0.4) is 0 Å². The molecule has 5 aliphatic carbocycles. The summed E-state index contributed by atoms with van der Waals surface area (Å²) in [5.74, 6) is 8.45. The summed E-state index contributed by atoms with van der Waals surface area (Å²) in [5, 5.41) is 0. The van der Waals surface area contributed by atoms with Crippen LogP contribution in [0.1, 0.15) is 12.8 Å². The molecular formula is C14H16. The van der Waals surface area contributed by atoms with Crippen LogP contribution in [-0.4, -0.2) is 0 Å². The van der Waals surface area contributed by atoms with Gasteiger partial charge in [0.15, 0.2) is 0 Å². The Bertz CT molecular complexity index is 332. The fourth-order valence-corrected chi connectivity index (χ4v) is 5.78. The monoisotopic (exact) mass is 184 g/mol. The summed E-state index contributed by atoms with van der Waals surface area (Å²) in [6.45, 7) is 0. The molecule has 5 aliphatic rings. The molecule has 0 N–H and O–H groups in total. The number of allylic oxidation sites excluding steroid dienone is 4. The minimum Gasteiger partial charge on any atom is -0.0848 e. The van der Waals surface area contributed by atoms with Gasteiger partial charge in [-0.25, -0.2) is 0 Å². The van der Waals surface area contributed by atoms with E-state index in [9.17, 15) is 0 Å². The molecule has 0 aromatic carbocycles. The van der Waals surface area contributed by atoms with Gasteiger partial charge in [-0.3, -0.25) is 0 Å². The summed E-state index contributed by atoms with van der Waals surface area (Å²) in [6.07, 6.45) is 13.2. The third-order valence-electron chi connectivity index (χ3n) is 6.10. The van der Waals surface area contributed by atoms with Gasteiger partial charge in [-0.05, 0) is 60.2 Å². The van der Waals surface area contributed by atoms with E-state index in [0.29, 0.717) is 0 Å². The second-order valence-corrected chi connectivity index (χ2v) is 6.21. The molecule has 0 amide bonds. The van der Waals surface area contributed by atoms with Crippen molar-refractivity contribution in [1.29, 1.82) is 0 Å². The van der Waals surface area contributed by atoms with Crippen molar-refractivity contribution in [3.63, 3.8) is 0 Å². The Morgan fingerprint density at radius 3 is 1.71 bits per heavy atom. The van der Waals surface area contributed by atoms with E-state index < -0.39 is 0 Å². The summed E-state index contributed by atoms with van der Waals surface area (Å²) >= 11 is 0. The van der Waals surface area contributed by atoms with Crippen LogP contribution in [-0.2, 0) is 0 Å². The first-order chi connectivity index (χ1) is 6.93. The Morgan fingerprint density at radius 1 is 0.643 bits per heavy atom. The fourth-order valence-electron chi connectivity index (χ4n) is 5.78. The minimum atomic E-state index is 0.995. The zero-order valence-electron chi connectivity index (χ0n) is 8.34. The molecule has 0 spiro atoms. The highest BCUT2D eigenvalue weighted by molar-refractivity contribution is 5.29. The summed E-state index contributed by atoms with van der Waals surface area (Å²) < 4.78 is 0. The topological polar surface area (TPSA) is 0 Å². The third kappa shape index (κ3) is 0.515. The maximum Gasteiger partial charge on any atom is -0.0136 e. The van der Waals surface area contributed by atoms with E-state index in [1.165, 1.54) is 6.42 Å². The van der Waals surface area contributed by atoms with Crippen LogP contribution in [0.2, 0.25) is 0 Å². The van der Waals surface area contributed by atoms with Gasteiger partial charge in [-0.15, -0.1) is 0 Å². The van der Waals surface area contributed by atoms with Crippen molar-refractivity contribution in [3.8, 4) is 0 Å². The third-order valence-corrected chi connectivity index (χ3v) is 6.10. The number of hydrogen-bond acceptors (Lipinski definition) is 0. The first kappa shape index (κ1) is 6.87. The van der Waals surface area contributed by atoms with Crippen LogP contribution in [0.4, 0.5) is 0 Å². The lowest BCUT2D eigenvalue weighted by atomic mass is 9.61. The SMILES string of the molecule is C1=CC2CC1C1C3CC(C4C=CC43)C21. The fraction of sp³-hybridized carbons (Fsp3) is 0.714. The molecule has 0 radical (unpaired) electrons. The van der Waals surface area contributed by atoms with Crippen molar-refractivity contribution in [2.24, 2.45) is 47.3 Å². The van der Waals surface area contributed by atoms with Crippen LogP contribution < -0.4 is 0 Å². The van der Waals surface area contributed by atoms with Gasteiger partial charge in [0.2, 0.25) is 0 Å². The number of rotatable bonds is 0. The largest absolute Gasteiger partial charge is 0.0848 e. The van der Waals surface area contributed by atoms with Crippen LogP contribution in [0.5, 0.6) is 0 Å². The van der Waals surface area contributed by atoms with Crippen molar-refractivity contribution in [2.45, 2.75) is 12.8 Å². The van der Waals surface area contributed by atoms with Gasteiger partial charge in [-0.1, -0.05) is 24.3 Å². The molecule has 0 aromatic heterocycles. The number of fused-ring (bicyclic) bond motifs is 12. The van der Waals surface area contributed by atoms with Gasteiger partial charge in [0.05, 0.1) is 0 Å². The maximum atomic E-state index is 2.55. The molecule has 0 aliphatic heterocycles. The highest BCUT2D eigenvalue weighted by Crippen LogP contribution is 2.70. The number of hydrogen-bond donors (Lipinski definition) is 0. The standard InChI is InChI=1S/C14H16/c1-2-8-5-7(1)13-11-6-12(14(8)13)10-4-3-9(10)11/h1-4,7-14H,5-6H2. The van der Waals surface area contributed by atoms with E-state index in [-0.39, 0.29) is 0 Å². The Balaban J connectivity index is 1.67. The predicted molar refractivity (Wildman–Crippen MR) is 55.4 cm³/mol. The molecule has 3 saturated carbocycles. The molecule has 8 atom stereocenters. The van der Waals surface area contributed by atoms with Gasteiger partial charge < -0.3 is 0 Å². The second-order valence-electron chi connectivity index (χ2n) is 6.21. The molecule has 0 heterocycles. The first-order valence-electron chi connectivity index (χ1n) is 6.30. The molecule has 3 fully saturated rings. The van der Waals surface area contributed by atoms with Crippen molar-refractivity contribution < 1.29 is 0 Å². The summed E-state index contributed by atoms with van der Waals surface area (Å²) in [4.78, 5) is 0. The van der Waals surface area contributed by atoms with E-state index >= 15 is 0 Å². The maximum absolute atomic E-state index is 2.55. The summed E-state index contributed by atoms with van der Waals surface area (Å²) in [6, 6.07) is 0. The van der Waals surface area contributed by atoms with Crippen LogP contribution in [0.15, 0.2) is 24.3 Å². The lowest BCUT2D eigenvalue weighted by molar-refractivity contribution is 0.121. The van der Waals surface area contributed by atoms with Gasteiger partial charge in [0.1, 0.15) is 0 Å². The van der Waals surface area contributed by atoms with Gasteiger partial charge >= 0.3 is 0 Å². The zero-order valence-corrected chi connectivity index (χ0v) is 8.34. The average molecular weight is 184 g/mol. The summed E-state index contributed by atoms with van der Waals surface area (Å²) in [7, 11) is 0. The molecular weight excluding hydrogens is 168 g/mol. The Kier molecular flexibility index (Phi) is 0.929. The van der Waals surface area contributed by atoms with E-state index in [4.69, 9.17) is 0 Å². The first-order valence-corrected chi connectivity index (χ1v) is 6.30. The van der Waals surface area contributed by atoms with Crippen molar-refractivity contribution in [2.75, 3.05) is 0 Å². The van der Waals surface area contributed by atoms with E-state index in [1.54, 1.807) is 6.42 Å². The average Bonchev–Trinajstić information content (AvgIpc) is 2.76. The highest BCUT2D eigenvalue weighted by atomic mass is 14.7. The van der Waals surface area contributed by atoms with Gasteiger partial charge in [0, 0.05) is 0 Å². The van der Waals surface area contributed by atoms with Crippen molar-refractivity contribution in [1.82, 2.24) is 0 Å². The molecule has 8 unspecified atom stereocenters. The van der Waals surface area contributed by atoms with E-state index in [0.717, 1.165) is 47.3 Å². The van der Waals surface area contributed by atoms with Crippen LogP contribution in [0, 0.1) is 47.3 Å². The van der Waals surface area contributed by atoms with Gasteiger partial charge in [0.25, 0.3) is 0 Å². The highest BCUT2D eigenvalue weighted by Gasteiger charge is 2.64. The molecule has 0 saturated heterocycles. The quantitative estimate of drug-likeness (QED) is 0.401. The smallest absolute Gasteiger partial charge is 0.0136 e. The van der Waals surface area contributed by atoms with Crippen molar-refractivity contribution in [3.05, 3.63) is 24.3 Å². The van der Waals surface area contributed by atoms with Crippen molar-refractivity contribution >= 4 is 0 Å². The Morgan fingerprint density at radius 2 is 1.21 bits per heavy atom. The van der Waals surface area contributed by atoms with Gasteiger partial charge in [-0.2, -0.15) is 0 Å². The molecule has 14 heavy (non-hydrogen) atoms. The summed E-state index contributed by atoms with van der Waals surface area (Å²) in [5.41, 5.74) is 0. The zero-order chi connectivity index (χ0) is 8.86. The lowest BCUT2D eigenvalue weighted by Crippen LogP contribution is -2.38. The molecule has 4 bridgehead atoms. The Hall–Kier alpha value is -0.520. The molecule has 5 rings (SSSR count). The molecule has 0 aromatic rings. The van der Waals surface area contributed by atoms with E-state index in [2.05, 4.69) is 24.3 Å².